The number of aliphatic imine (C=N–C) groups is 1. The van der Waals surface area contributed by atoms with Gasteiger partial charge in [0.1, 0.15) is 0 Å². The fraction of sp³-hybridized carbons (Fsp3) is 0.500. The summed E-state index contributed by atoms with van der Waals surface area (Å²) in [7, 11) is 1.86. The van der Waals surface area contributed by atoms with Gasteiger partial charge in [0, 0.05) is 32.7 Å². The van der Waals surface area contributed by atoms with Crippen LogP contribution in [0, 0.1) is 5.92 Å². The first-order chi connectivity index (χ1) is 15.3. The average molecular weight is 549 g/mol. The summed E-state index contributed by atoms with van der Waals surface area (Å²) in [5.41, 5.74) is 2.65. The van der Waals surface area contributed by atoms with Crippen molar-refractivity contribution in [3.63, 3.8) is 0 Å². The highest BCUT2D eigenvalue weighted by Crippen LogP contribution is 2.33. The van der Waals surface area contributed by atoms with Crippen LogP contribution in [0.15, 0.2) is 65.7 Å². The number of hydrogen-bond acceptors (Lipinski definition) is 3. The number of benzene rings is 2. The zero-order valence-corrected chi connectivity index (χ0v) is 21.4. The molecule has 0 radical (unpaired) electrons. The summed E-state index contributed by atoms with van der Waals surface area (Å²) in [6.45, 7) is 4.90. The number of hydrogen-bond donors (Lipinski definition) is 2. The molecule has 2 N–H and O–H groups in total. The number of nitrogens with zero attached hydrogens (tertiary/aromatic N) is 2. The molecule has 3 atom stereocenters. The van der Waals surface area contributed by atoms with E-state index < -0.39 is 0 Å². The third-order valence-electron chi connectivity index (χ3n) is 6.56. The Labute approximate surface area is 210 Å². The van der Waals surface area contributed by atoms with Crippen LogP contribution in [0.5, 0.6) is 0 Å². The molecular formula is C26H37IN4O. The van der Waals surface area contributed by atoms with Crippen molar-refractivity contribution in [2.75, 3.05) is 39.8 Å². The maximum absolute atomic E-state index is 6.16. The Morgan fingerprint density at radius 2 is 1.69 bits per heavy atom. The quantitative estimate of drug-likeness (QED) is 0.297. The zero-order chi connectivity index (χ0) is 21.3. The first kappa shape index (κ1) is 25.0. The minimum Gasteiger partial charge on any atom is -0.373 e. The SMILES string of the molecule is CN=C(NCC1CCCOC1c1ccccc1)NCC(c1ccccc1)N1CCCC1.I. The Hall–Kier alpha value is -1.64. The molecule has 2 fully saturated rings. The summed E-state index contributed by atoms with van der Waals surface area (Å²) in [5.74, 6) is 1.32. The molecule has 174 valence electrons. The van der Waals surface area contributed by atoms with Crippen LogP contribution in [0.4, 0.5) is 0 Å². The van der Waals surface area contributed by atoms with Gasteiger partial charge in [-0.25, -0.2) is 0 Å². The molecule has 2 aliphatic rings. The highest BCUT2D eigenvalue weighted by atomic mass is 127. The van der Waals surface area contributed by atoms with Crippen molar-refractivity contribution < 1.29 is 4.74 Å². The van der Waals surface area contributed by atoms with E-state index in [1.165, 1.54) is 43.5 Å². The molecule has 6 heteroatoms. The molecule has 2 aliphatic heterocycles. The molecule has 0 amide bonds. The molecule has 0 spiro atoms. The summed E-state index contributed by atoms with van der Waals surface area (Å²) < 4.78 is 6.16. The van der Waals surface area contributed by atoms with Gasteiger partial charge in [-0.05, 0) is 49.9 Å². The monoisotopic (exact) mass is 548 g/mol. The summed E-state index contributed by atoms with van der Waals surface area (Å²) in [6.07, 6.45) is 5.02. The lowest BCUT2D eigenvalue weighted by atomic mass is 9.89. The van der Waals surface area contributed by atoms with E-state index in [0.717, 1.165) is 32.1 Å². The lowest BCUT2D eigenvalue weighted by Crippen LogP contribution is -2.45. The van der Waals surface area contributed by atoms with Gasteiger partial charge in [-0.1, -0.05) is 60.7 Å². The summed E-state index contributed by atoms with van der Waals surface area (Å²) >= 11 is 0. The average Bonchev–Trinajstić information content (AvgIpc) is 3.37. The Balaban J connectivity index is 0.00000289. The highest BCUT2D eigenvalue weighted by Gasteiger charge is 2.28. The molecule has 2 heterocycles. The number of likely N-dealkylation sites (tertiary alicyclic amines) is 1. The lowest BCUT2D eigenvalue weighted by Gasteiger charge is -2.33. The molecule has 0 aliphatic carbocycles. The van der Waals surface area contributed by atoms with Crippen LogP contribution in [0.25, 0.3) is 0 Å². The van der Waals surface area contributed by atoms with Crippen molar-refractivity contribution in [2.45, 2.75) is 37.8 Å². The maximum atomic E-state index is 6.16. The lowest BCUT2D eigenvalue weighted by molar-refractivity contribution is -0.0265. The molecule has 0 bridgehead atoms. The molecule has 5 nitrogen and oxygen atoms in total. The maximum Gasteiger partial charge on any atom is 0.191 e. The molecule has 0 aromatic heterocycles. The van der Waals surface area contributed by atoms with E-state index in [1.807, 2.05) is 7.05 Å². The summed E-state index contributed by atoms with van der Waals surface area (Å²) in [4.78, 5) is 7.09. The van der Waals surface area contributed by atoms with Crippen LogP contribution in [0.2, 0.25) is 0 Å². The Bertz CT molecular complexity index is 811. The summed E-state index contributed by atoms with van der Waals surface area (Å²) in [5, 5.41) is 7.17. The minimum absolute atomic E-state index is 0. The molecule has 4 rings (SSSR count). The number of guanidine groups is 1. The zero-order valence-electron chi connectivity index (χ0n) is 19.1. The predicted molar refractivity (Wildman–Crippen MR) is 143 cm³/mol. The fourth-order valence-electron chi connectivity index (χ4n) is 4.89. The third-order valence-corrected chi connectivity index (χ3v) is 6.56. The largest absolute Gasteiger partial charge is 0.373 e. The van der Waals surface area contributed by atoms with E-state index in [0.29, 0.717) is 12.0 Å². The van der Waals surface area contributed by atoms with Crippen molar-refractivity contribution >= 4 is 29.9 Å². The first-order valence-electron chi connectivity index (χ1n) is 11.7. The van der Waals surface area contributed by atoms with E-state index in [2.05, 4.69) is 81.2 Å². The van der Waals surface area contributed by atoms with Gasteiger partial charge < -0.3 is 15.4 Å². The van der Waals surface area contributed by atoms with Gasteiger partial charge in [-0.2, -0.15) is 0 Å². The van der Waals surface area contributed by atoms with E-state index in [4.69, 9.17) is 4.74 Å². The van der Waals surface area contributed by atoms with E-state index in [1.54, 1.807) is 0 Å². The van der Waals surface area contributed by atoms with Gasteiger partial charge in [0.25, 0.3) is 0 Å². The number of halogens is 1. The van der Waals surface area contributed by atoms with Crippen LogP contribution in [0.3, 0.4) is 0 Å². The molecule has 0 saturated carbocycles. The highest BCUT2D eigenvalue weighted by molar-refractivity contribution is 14.0. The molecular weight excluding hydrogens is 511 g/mol. The van der Waals surface area contributed by atoms with Gasteiger partial charge in [0.2, 0.25) is 0 Å². The minimum atomic E-state index is 0. The second-order valence-electron chi connectivity index (χ2n) is 8.61. The van der Waals surface area contributed by atoms with Crippen molar-refractivity contribution in [1.29, 1.82) is 0 Å². The van der Waals surface area contributed by atoms with Gasteiger partial charge in [0.05, 0.1) is 12.1 Å². The topological polar surface area (TPSA) is 48.9 Å². The van der Waals surface area contributed by atoms with Crippen LogP contribution >= 0.6 is 24.0 Å². The number of rotatable bonds is 7. The van der Waals surface area contributed by atoms with Crippen LogP contribution < -0.4 is 10.6 Å². The van der Waals surface area contributed by atoms with E-state index in [9.17, 15) is 0 Å². The van der Waals surface area contributed by atoms with Crippen molar-refractivity contribution in [1.82, 2.24) is 15.5 Å². The van der Waals surface area contributed by atoms with E-state index in [-0.39, 0.29) is 30.1 Å². The smallest absolute Gasteiger partial charge is 0.191 e. The Morgan fingerprint density at radius 1 is 1.00 bits per heavy atom. The summed E-state index contributed by atoms with van der Waals surface area (Å²) in [6, 6.07) is 21.8. The second kappa shape index (κ2) is 13.2. The van der Waals surface area contributed by atoms with Crippen molar-refractivity contribution in [3.05, 3.63) is 71.8 Å². The van der Waals surface area contributed by atoms with Crippen LogP contribution in [-0.4, -0.2) is 50.7 Å². The number of nitrogens with one attached hydrogen (secondary N) is 2. The molecule has 2 aromatic carbocycles. The molecule has 32 heavy (non-hydrogen) atoms. The van der Waals surface area contributed by atoms with Crippen molar-refractivity contribution in [3.8, 4) is 0 Å². The van der Waals surface area contributed by atoms with Gasteiger partial charge in [0.15, 0.2) is 5.96 Å². The van der Waals surface area contributed by atoms with Crippen LogP contribution in [0.1, 0.15) is 49.0 Å². The molecule has 2 saturated heterocycles. The molecule has 2 aromatic rings. The second-order valence-corrected chi connectivity index (χ2v) is 8.61. The van der Waals surface area contributed by atoms with Gasteiger partial charge in [-0.15, -0.1) is 24.0 Å². The van der Waals surface area contributed by atoms with Gasteiger partial charge >= 0.3 is 0 Å². The molecule has 3 unspecified atom stereocenters. The predicted octanol–water partition coefficient (Wildman–Crippen LogP) is 4.77. The Kier molecular flexibility index (Phi) is 10.3. The Morgan fingerprint density at radius 3 is 2.38 bits per heavy atom. The normalized spacial score (nSPS) is 22.7. The van der Waals surface area contributed by atoms with Crippen molar-refractivity contribution in [2.24, 2.45) is 10.9 Å². The fourth-order valence-corrected chi connectivity index (χ4v) is 4.89. The number of ether oxygens (including phenoxy) is 1. The van der Waals surface area contributed by atoms with Crippen LogP contribution in [-0.2, 0) is 4.74 Å². The standard InChI is InChI=1S/C26H36N4O.HI/c1-27-26(28-19-23-15-10-18-31-25(23)22-13-6-3-7-14-22)29-20-24(30-16-8-9-17-30)21-11-4-2-5-12-21;/h2-7,11-14,23-25H,8-10,15-20H2,1H3,(H2,27,28,29);1H. The first-order valence-corrected chi connectivity index (χ1v) is 11.7. The van der Waals surface area contributed by atoms with Gasteiger partial charge in [-0.3, -0.25) is 9.89 Å². The van der Waals surface area contributed by atoms with E-state index >= 15 is 0 Å². The third kappa shape index (κ3) is 6.68.